The van der Waals surface area contributed by atoms with Gasteiger partial charge < -0.3 is 28.4 Å². The molecule has 2 aliphatic rings. The van der Waals surface area contributed by atoms with Gasteiger partial charge in [-0.2, -0.15) is 0 Å². The lowest BCUT2D eigenvalue weighted by Crippen LogP contribution is -2.45. The molecule has 1 aliphatic heterocycles. The molecule has 164 valence electrons. The topological polar surface area (TPSA) is 72.5 Å². The van der Waals surface area contributed by atoms with Crippen LogP contribution >= 0.6 is 0 Å². The summed E-state index contributed by atoms with van der Waals surface area (Å²) in [5.41, 5.74) is 0.0522. The number of fused-ring (bicyclic) bond motifs is 1. The first-order valence-electron chi connectivity index (χ1n) is 9.87. The standard InChI is InChI=1S/C23H30O7/c1-8-9-14-12-23(29-7)13(2)19(30-22(23)21(28-6)18(14)24)15-10-16(25-3)20(27-5)17(11-15)26-4/h8,10-11,13-14,19H,1,9,12H2,2-7H3/t13-,14-,19+,23+/m0/s1. The van der Waals surface area contributed by atoms with Crippen LogP contribution in [0.5, 0.6) is 17.2 Å². The first-order valence-corrected chi connectivity index (χ1v) is 9.87. The molecule has 1 heterocycles. The quantitative estimate of drug-likeness (QED) is 0.594. The second kappa shape index (κ2) is 8.60. The summed E-state index contributed by atoms with van der Waals surface area (Å²) in [5.74, 6) is 1.78. The van der Waals surface area contributed by atoms with Crippen molar-refractivity contribution in [2.75, 3.05) is 35.5 Å². The summed E-state index contributed by atoms with van der Waals surface area (Å²) in [7, 11) is 7.83. The van der Waals surface area contributed by atoms with Gasteiger partial charge in [0.1, 0.15) is 11.7 Å². The van der Waals surface area contributed by atoms with Crippen LogP contribution in [0.4, 0.5) is 0 Å². The highest BCUT2D eigenvalue weighted by Gasteiger charge is 2.59. The molecule has 0 saturated carbocycles. The Balaban J connectivity index is 2.13. The molecular formula is C23H30O7. The van der Waals surface area contributed by atoms with Crippen LogP contribution in [0.25, 0.3) is 0 Å². The van der Waals surface area contributed by atoms with Gasteiger partial charge in [0.05, 0.1) is 28.4 Å². The van der Waals surface area contributed by atoms with E-state index in [9.17, 15) is 4.79 Å². The zero-order valence-electron chi connectivity index (χ0n) is 18.4. The van der Waals surface area contributed by atoms with E-state index in [1.165, 1.54) is 7.11 Å². The lowest BCUT2D eigenvalue weighted by Gasteiger charge is -2.38. The highest BCUT2D eigenvalue weighted by atomic mass is 16.6. The van der Waals surface area contributed by atoms with Crippen molar-refractivity contribution in [3.63, 3.8) is 0 Å². The molecule has 0 amide bonds. The summed E-state index contributed by atoms with van der Waals surface area (Å²) >= 11 is 0. The molecule has 1 fully saturated rings. The molecule has 0 spiro atoms. The number of ether oxygens (including phenoxy) is 6. The van der Waals surface area contributed by atoms with Crippen molar-refractivity contribution in [2.45, 2.75) is 31.5 Å². The first-order chi connectivity index (χ1) is 14.4. The van der Waals surface area contributed by atoms with Crippen molar-refractivity contribution in [1.29, 1.82) is 0 Å². The first kappa shape index (κ1) is 22.0. The number of hydrogen-bond donors (Lipinski definition) is 0. The Morgan fingerprint density at radius 3 is 2.20 bits per heavy atom. The maximum atomic E-state index is 13.0. The zero-order valence-corrected chi connectivity index (χ0v) is 18.4. The summed E-state index contributed by atoms with van der Waals surface area (Å²) in [5, 5.41) is 0. The van der Waals surface area contributed by atoms with Crippen molar-refractivity contribution in [3.05, 3.63) is 41.9 Å². The highest BCUT2D eigenvalue weighted by Crippen LogP contribution is 2.56. The lowest BCUT2D eigenvalue weighted by atomic mass is 9.72. The number of hydrogen-bond acceptors (Lipinski definition) is 7. The summed E-state index contributed by atoms with van der Waals surface area (Å²) < 4.78 is 34.3. The van der Waals surface area contributed by atoms with Crippen LogP contribution in [0.2, 0.25) is 0 Å². The van der Waals surface area contributed by atoms with Crippen LogP contribution < -0.4 is 14.2 Å². The maximum Gasteiger partial charge on any atom is 0.204 e. The molecule has 1 aromatic rings. The van der Waals surface area contributed by atoms with Gasteiger partial charge in [-0.25, -0.2) is 0 Å². The van der Waals surface area contributed by atoms with Crippen LogP contribution in [0.3, 0.4) is 0 Å². The number of rotatable bonds is 8. The van der Waals surface area contributed by atoms with Gasteiger partial charge in [-0.15, -0.1) is 6.58 Å². The SMILES string of the molecule is C=CC[C@H]1C[C@]2(OC)C(=C(OC)C1=O)O[C@@H](c1cc(OC)c(OC)c(OC)c1)[C@@H]2C. The summed E-state index contributed by atoms with van der Waals surface area (Å²) in [6.45, 7) is 5.84. The molecule has 0 bridgehead atoms. The number of ketones is 1. The van der Waals surface area contributed by atoms with Gasteiger partial charge in [0.25, 0.3) is 0 Å². The van der Waals surface area contributed by atoms with Crippen LogP contribution in [0.1, 0.15) is 31.4 Å². The average Bonchev–Trinajstić information content (AvgIpc) is 3.05. The van der Waals surface area contributed by atoms with E-state index < -0.39 is 11.7 Å². The number of carbonyl (C=O) groups excluding carboxylic acids is 1. The lowest BCUT2D eigenvalue weighted by molar-refractivity contribution is -0.129. The number of methoxy groups -OCH3 is 5. The van der Waals surface area contributed by atoms with Crippen molar-refractivity contribution in [2.24, 2.45) is 11.8 Å². The third kappa shape index (κ3) is 3.21. The second-order valence-corrected chi connectivity index (χ2v) is 7.53. The fraction of sp³-hybridized carbons (Fsp3) is 0.522. The monoisotopic (exact) mass is 418 g/mol. The maximum absolute atomic E-state index is 13.0. The summed E-state index contributed by atoms with van der Waals surface area (Å²) in [6.07, 6.45) is 2.40. The van der Waals surface area contributed by atoms with Gasteiger partial charge >= 0.3 is 0 Å². The smallest absolute Gasteiger partial charge is 0.204 e. The fourth-order valence-corrected chi connectivity index (χ4v) is 4.63. The van der Waals surface area contributed by atoms with Gasteiger partial charge in [-0.05, 0) is 25.0 Å². The largest absolute Gasteiger partial charge is 0.493 e. The van der Waals surface area contributed by atoms with E-state index >= 15 is 0 Å². The van der Waals surface area contributed by atoms with E-state index in [1.54, 1.807) is 34.5 Å². The molecule has 3 rings (SSSR count). The molecular weight excluding hydrogens is 388 g/mol. The minimum Gasteiger partial charge on any atom is -0.493 e. The third-order valence-corrected chi connectivity index (χ3v) is 6.20. The normalized spacial score (nSPS) is 27.9. The van der Waals surface area contributed by atoms with Crippen LogP contribution in [-0.2, 0) is 19.0 Å². The van der Waals surface area contributed by atoms with Crippen molar-refractivity contribution in [1.82, 2.24) is 0 Å². The minimum absolute atomic E-state index is 0.0854. The van der Waals surface area contributed by atoms with E-state index in [2.05, 4.69) is 13.5 Å². The van der Waals surface area contributed by atoms with Gasteiger partial charge in [-0.1, -0.05) is 13.0 Å². The van der Waals surface area contributed by atoms with E-state index in [1.807, 2.05) is 12.1 Å². The number of allylic oxidation sites excluding steroid dienone is 2. The minimum atomic E-state index is -0.780. The van der Waals surface area contributed by atoms with Gasteiger partial charge in [-0.3, -0.25) is 4.79 Å². The van der Waals surface area contributed by atoms with Gasteiger partial charge in [0.2, 0.25) is 17.3 Å². The Hall–Kier alpha value is -2.67. The molecule has 0 unspecified atom stereocenters. The Kier molecular flexibility index (Phi) is 6.31. The predicted molar refractivity (Wildman–Crippen MR) is 111 cm³/mol. The van der Waals surface area contributed by atoms with Crippen LogP contribution in [0, 0.1) is 11.8 Å². The average molecular weight is 418 g/mol. The number of benzene rings is 1. The Morgan fingerprint density at radius 1 is 1.10 bits per heavy atom. The molecule has 1 aliphatic carbocycles. The molecule has 4 atom stereocenters. The predicted octanol–water partition coefficient (Wildman–Crippen LogP) is 3.83. The molecule has 1 saturated heterocycles. The highest BCUT2D eigenvalue weighted by molar-refractivity contribution is 5.97. The Morgan fingerprint density at radius 2 is 1.73 bits per heavy atom. The molecule has 0 N–H and O–H groups in total. The molecule has 30 heavy (non-hydrogen) atoms. The van der Waals surface area contributed by atoms with Crippen molar-refractivity contribution < 1.29 is 33.2 Å². The van der Waals surface area contributed by atoms with Gasteiger partial charge in [0.15, 0.2) is 17.3 Å². The molecule has 7 nitrogen and oxygen atoms in total. The van der Waals surface area contributed by atoms with E-state index in [0.29, 0.717) is 35.8 Å². The van der Waals surface area contributed by atoms with Gasteiger partial charge in [0, 0.05) is 24.5 Å². The molecule has 7 heteroatoms. The fourth-order valence-electron chi connectivity index (χ4n) is 4.63. The summed E-state index contributed by atoms with van der Waals surface area (Å²) in [6, 6.07) is 3.72. The van der Waals surface area contributed by atoms with E-state index in [0.717, 1.165) is 5.56 Å². The van der Waals surface area contributed by atoms with Crippen LogP contribution in [-0.4, -0.2) is 46.9 Å². The summed E-state index contributed by atoms with van der Waals surface area (Å²) in [4.78, 5) is 13.0. The zero-order chi connectivity index (χ0) is 22.1. The third-order valence-electron chi connectivity index (χ3n) is 6.20. The second-order valence-electron chi connectivity index (χ2n) is 7.53. The molecule has 1 aromatic carbocycles. The number of Topliss-reactive ketones (excluding diaryl/α,β-unsaturated/α-hetero) is 1. The van der Waals surface area contributed by atoms with Crippen LogP contribution in [0.15, 0.2) is 36.3 Å². The molecule has 0 aromatic heterocycles. The molecule has 0 radical (unpaired) electrons. The van der Waals surface area contributed by atoms with Crippen molar-refractivity contribution >= 4 is 5.78 Å². The van der Waals surface area contributed by atoms with E-state index in [-0.39, 0.29) is 23.4 Å². The van der Waals surface area contributed by atoms with Crippen molar-refractivity contribution in [3.8, 4) is 17.2 Å². The Labute approximate surface area is 177 Å². The number of carbonyl (C=O) groups is 1. The Bertz CT molecular complexity index is 834. The van der Waals surface area contributed by atoms with E-state index in [4.69, 9.17) is 28.4 Å².